The van der Waals surface area contributed by atoms with Crippen LogP contribution in [0.25, 0.3) is 0 Å². The second-order valence-electron chi connectivity index (χ2n) is 4.84. The van der Waals surface area contributed by atoms with Crippen LogP contribution in [0.15, 0.2) is 52.2 Å². The minimum Gasteiger partial charge on any atom is -0.464 e. The highest BCUT2D eigenvalue weighted by molar-refractivity contribution is 5.73. The Bertz CT molecular complexity index is 762. The predicted octanol–water partition coefficient (Wildman–Crippen LogP) is 1.18. The van der Waals surface area contributed by atoms with E-state index < -0.39 is 23.3 Å². The number of benzene rings is 1. The zero-order valence-electron chi connectivity index (χ0n) is 12.6. The van der Waals surface area contributed by atoms with Gasteiger partial charge in [-0.15, -0.1) is 0 Å². The quantitative estimate of drug-likeness (QED) is 0.778. The van der Waals surface area contributed by atoms with E-state index in [0.29, 0.717) is 0 Å². The van der Waals surface area contributed by atoms with Crippen LogP contribution in [-0.4, -0.2) is 21.7 Å². The average molecular weight is 302 g/mol. The van der Waals surface area contributed by atoms with Crippen molar-refractivity contribution < 1.29 is 9.53 Å². The van der Waals surface area contributed by atoms with Crippen LogP contribution in [0.4, 0.5) is 0 Å². The maximum Gasteiger partial charge on any atom is 0.332 e. The fraction of sp³-hybridized carbons (Fsp3) is 0.312. The van der Waals surface area contributed by atoms with Crippen molar-refractivity contribution in [2.45, 2.75) is 26.4 Å². The third-order valence-electron chi connectivity index (χ3n) is 3.32. The highest BCUT2D eigenvalue weighted by atomic mass is 16.5. The van der Waals surface area contributed by atoms with Crippen LogP contribution in [0, 0.1) is 0 Å². The second-order valence-corrected chi connectivity index (χ2v) is 4.84. The minimum absolute atomic E-state index is 0.162. The normalized spacial score (nSPS) is 11.9. The SMILES string of the molecule is CCOC(=O)C(C)n1ccc(=O)n(Cc2ccccc2)c1=O. The third kappa shape index (κ3) is 3.33. The van der Waals surface area contributed by atoms with Gasteiger partial charge in [0.2, 0.25) is 0 Å². The fourth-order valence-corrected chi connectivity index (χ4v) is 2.11. The molecule has 0 amide bonds. The first-order chi connectivity index (χ1) is 10.5. The third-order valence-corrected chi connectivity index (χ3v) is 3.32. The summed E-state index contributed by atoms with van der Waals surface area (Å²) in [5.74, 6) is -0.505. The van der Waals surface area contributed by atoms with Gasteiger partial charge in [0.15, 0.2) is 0 Å². The molecule has 6 heteroatoms. The maximum absolute atomic E-state index is 12.5. The second kappa shape index (κ2) is 6.89. The van der Waals surface area contributed by atoms with Gasteiger partial charge in [0.25, 0.3) is 5.56 Å². The van der Waals surface area contributed by atoms with Crippen molar-refractivity contribution in [1.82, 2.24) is 9.13 Å². The van der Waals surface area contributed by atoms with Gasteiger partial charge in [0.05, 0.1) is 13.2 Å². The summed E-state index contributed by atoms with van der Waals surface area (Å²) in [6.45, 7) is 3.66. The molecule has 0 aliphatic carbocycles. The smallest absolute Gasteiger partial charge is 0.332 e. The molecule has 0 aliphatic heterocycles. The molecule has 116 valence electrons. The van der Waals surface area contributed by atoms with E-state index in [1.165, 1.54) is 16.8 Å². The van der Waals surface area contributed by atoms with Gasteiger partial charge in [-0.3, -0.25) is 13.9 Å². The highest BCUT2D eigenvalue weighted by Gasteiger charge is 2.19. The lowest BCUT2D eigenvalue weighted by Crippen LogP contribution is -2.41. The summed E-state index contributed by atoms with van der Waals surface area (Å²) in [5.41, 5.74) is -0.0960. The zero-order chi connectivity index (χ0) is 16.1. The molecular weight excluding hydrogens is 284 g/mol. The zero-order valence-corrected chi connectivity index (χ0v) is 12.6. The first-order valence-electron chi connectivity index (χ1n) is 7.07. The van der Waals surface area contributed by atoms with E-state index in [4.69, 9.17) is 4.74 Å². The van der Waals surface area contributed by atoms with Crippen LogP contribution in [0.5, 0.6) is 0 Å². The summed E-state index contributed by atoms with van der Waals surface area (Å²) in [6.07, 6.45) is 1.33. The van der Waals surface area contributed by atoms with Gasteiger partial charge in [-0.05, 0) is 19.4 Å². The van der Waals surface area contributed by atoms with Crippen molar-refractivity contribution in [3.63, 3.8) is 0 Å². The lowest BCUT2D eigenvalue weighted by molar-refractivity contribution is -0.146. The summed E-state index contributed by atoms with van der Waals surface area (Å²) in [6, 6.07) is 9.69. The van der Waals surface area contributed by atoms with Crippen LogP contribution in [0.3, 0.4) is 0 Å². The monoisotopic (exact) mass is 302 g/mol. The number of rotatable bonds is 5. The fourth-order valence-electron chi connectivity index (χ4n) is 2.11. The number of hydrogen-bond donors (Lipinski definition) is 0. The summed E-state index contributed by atoms with van der Waals surface area (Å²) in [4.78, 5) is 36.2. The van der Waals surface area contributed by atoms with Crippen molar-refractivity contribution in [3.05, 3.63) is 69.0 Å². The molecule has 0 saturated heterocycles. The van der Waals surface area contributed by atoms with Gasteiger partial charge in [-0.2, -0.15) is 0 Å². The molecule has 0 aliphatic rings. The molecule has 6 nitrogen and oxygen atoms in total. The molecule has 0 saturated carbocycles. The Labute approximate surface area is 127 Å². The van der Waals surface area contributed by atoms with Gasteiger partial charge in [0, 0.05) is 12.3 Å². The number of carbonyl (C=O) groups is 1. The Morgan fingerprint density at radius 1 is 1.18 bits per heavy atom. The molecule has 22 heavy (non-hydrogen) atoms. The van der Waals surface area contributed by atoms with Crippen LogP contribution in [0.1, 0.15) is 25.5 Å². The van der Waals surface area contributed by atoms with E-state index in [9.17, 15) is 14.4 Å². The Hall–Kier alpha value is -2.63. The summed E-state index contributed by atoms with van der Waals surface area (Å²) >= 11 is 0. The Kier molecular flexibility index (Phi) is 4.93. The van der Waals surface area contributed by atoms with Gasteiger partial charge in [-0.1, -0.05) is 30.3 Å². The first-order valence-corrected chi connectivity index (χ1v) is 7.07. The Morgan fingerprint density at radius 2 is 1.86 bits per heavy atom. The number of hydrogen-bond acceptors (Lipinski definition) is 4. The van der Waals surface area contributed by atoms with Gasteiger partial charge in [0.1, 0.15) is 6.04 Å². The lowest BCUT2D eigenvalue weighted by Gasteiger charge is -2.15. The van der Waals surface area contributed by atoms with Crippen LogP contribution < -0.4 is 11.2 Å². The molecule has 0 fully saturated rings. The van der Waals surface area contributed by atoms with E-state index in [2.05, 4.69) is 0 Å². The Balaban J connectivity index is 2.40. The summed E-state index contributed by atoms with van der Waals surface area (Å²) in [7, 11) is 0. The summed E-state index contributed by atoms with van der Waals surface area (Å²) < 4.78 is 7.23. The number of carbonyl (C=O) groups excluding carboxylic acids is 1. The summed E-state index contributed by atoms with van der Waals surface area (Å²) in [5, 5.41) is 0. The number of nitrogens with zero attached hydrogens (tertiary/aromatic N) is 2. The van der Waals surface area contributed by atoms with E-state index in [1.54, 1.807) is 13.8 Å². The van der Waals surface area contributed by atoms with E-state index in [-0.39, 0.29) is 13.2 Å². The molecule has 1 aromatic carbocycles. The van der Waals surface area contributed by atoms with Crippen molar-refractivity contribution in [2.75, 3.05) is 6.61 Å². The standard InChI is InChI=1S/C16H18N2O4/c1-3-22-15(20)12(2)17-10-9-14(19)18(16(17)21)11-13-7-5-4-6-8-13/h4-10,12H,3,11H2,1-2H3. The first kappa shape index (κ1) is 15.8. The molecule has 1 heterocycles. The number of esters is 1. The molecular formula is C16H18N2O4. The van der Waals surface area contributed by atoms with Gasteiger partial charge in [-0.25, -0.2) is 9.59 Å². The lowest BCUT2D eigenvalue weighted by atomic mass is 10.2. The van der Waals surface area contributed by atoms with E-state index in [0.717, 1.165) is 10.1 Å². The molecule has 2 aromatic rings. The molecule has 2 rings (SSSR count). The number of ether oxygens (including phenoxy) is 1. The van der Waals surface area contributed by atoms with Gasteiger partial charge >= 0.3 is 11.7 Å². The molecule has 1 atom stereocenters. The predicted molar refractivity (Wildman–Crippen MR) is 81.9 cm³/mol. The minimum atomic E-state index is -0.782. The van der Waals surface area contributed by atoms with Crippen LogP contribution in [-0.2, 0) is 16.1 Å². The van der Waals surface area contributed by atoms with Gasteiger partial charge < -0.3 is 4.74 Å². The average Bonchev–Trinajstić information content (AvgIpc) is 2.52. The van der Waals surface area contributed by atoms with Crippen LogP contribution >= 0.6 is 0 Å². The molecule has 0 bridgehead atoms. The van der Waals surface area contributed by atoms with Crippen molar-refractivity contribution in [1.29, 1.82) is 0 Å². The van der Waals surface area contributed by atoms with E-state index >= 15 is 0 Å². The van der Waals surface area contributed by atoms with E-state index in [1.807, 2.05) is 30.3 Å². The molecule has 0 radical (unpaired) electrons. The van der Waals surface area contributed by atoms with Crippen molar-refractivity contribution >= 4 is 5.97 Å². The largest absolute Gasteiger partial charge is 0.464 e. The molecule has 0 spiro atoms. The molecule has 1 aromatic heterocycles. The highest BCUT2D eigenvalue weighted by Crippen LogP contribution is 2.04. The van der Waals surface area contributed by atoms with Crippen molar-refractivity contribution in [3.8, 4) is 0 Å². The molecule has 0 N–H and O–H groups in total. The molecule has 1 unspecified atom stereocenters. The van der Waals surface area contributed by atoms with Crippen LogP contribution in [0.2, 0.25) is 0 Å². The Morgan fingerprint density at radius 3 is 2.50 bits per heavy atom. The van der Waals surface area contributed by atoms with Crippen molar-refractivity contribution in [2.24, 2.45) is 0 Å². The maximum atomic E-state index is 12.5. The number of aromatic nitrogens is 2. The topological polar surface area (TPSA) is 70.3 Å².